The third kappa shape index (κ3) is 3.30. The van der Waals surface area contributed by atoms with Crippen LogP contribution in [0.3, 0.4) is 0 Å². The van der Waals surface area contributed by atoms with Crippen molar-refractivity contribution in [2.45, 2.75) is 51.0 Å². The van der Waals surface area contributed by atoms with Crippen LogP contribution in [0.1, 0.15) is 47.8 Å². The summed E-state index contributed by atoms with van der Waals surface area (Å²) in [5.74, 6) is 1.25. The maximum Gasteiger partial charge on any atom is 0.226 e. The number of piperidine rings is 1. The van der Waals surface area contributed by atoms with Gasteiger partial charge >= 0.3 is 0 Å². The van der Waals surface area contributed by atoms with Crippen molar-refractivity contribution >= 4 is 23.2 Å². The number of hydrogen-bond acceptors (Lipinski definition) is 3. The van der Waals surface area contributed by atoms with Gasteiger partial charge in [0.1, 0.15) is 0 Å². The molecule has 1 aromatic rings. The smallest absolute Gasteiger partial charge is 0.226 e. The largest absolute Gasteiger partial charge is 0.353 e. The van der Waals surface area contributed by atoms with Crippen LogP contribution in [0.2, 0.25) is 0 Å². The second-order valence-electron chi connectivity index (χ2n) is 7.28. The maximum atomic E-state index is 12.6. The highest BCUT2D eigenvalue weighted by molar-refractivity contribution is 7.12. The minimum absolute atomic E-state index is 0.106. The lowest BCUT2D eigenvalue weighted by Crippen LogP contribution is -2.44. The van der Waals surface area contributed by atoms with Crippen molar-refractivity contribution in [2.75, 3.05) is 13.1 Å². The second kappa shape index (κ2) is 5.93. The van der Waals surface area contributed by atoms with E-state index < -0.39 is 0 Å². The maximum absolute atomic E-state index is 12.6. The van der Waals surface area contributed by atoms with Crippen molar-refractivity contribution in [3.8, 4) is 0 Å². The lowest BCUT2D eigenvalue weighted by Gasteiger charge is -2.31. The number of nitrogens with one attached hydrogen (secondary N) is 1. The molecule has 1 saturated heterocycles. The molecule has 4 rings (SSSR count). The molecule has 0 aromatic carbocycles. The van der Waals surface area contributed by atoms with Gasteiger partial charge in [-0.3, -0.25) is 9.59 Å². The molecule has 2 saturated carbocycles. The Bertz CT molecular complexity index is 614. The van der Waals surface area contributed by atoms with Gasteiger partial charge in [-0.2, -0.15) is 0 Å². The predicted octanol–water partition coefficient (Wildman–Crippen LogP) is 2.68. The van der Waals surface area contributed by atoms with Crippen LogP contribution in [-0.4, -0.2) is 35.8 Å². The van der Waals surface area contributed by atoms with E-state index in [0.29, 0.717) is 17.9 Å². The Morgan fingerprint density at radius 3 is 2.52 bits per heavy atom. The fourth-order valence-corrected chi connectivity index (χ4v) is 4.63. The number of amides is 2. The summed E-state index contributed by atoms with van der Waals surface area (Å²) in [6.45, 7) is 3.60. The van der Waals surface area contributed by atoms with E-state index in [0.717, 1.165) is 45.2 Å². The van der Waals surface area contributed by atoms with Gasteiger partial charge in [-0.1, -0.05) is 0 Å². The molecule has 1 N–H and O–H groups in total. The first-order valence-corrected chi connectivity index (χ1v) is 9.59. The number of carbonyl (C=O) groups is 2. The van der Waals surface area contributed by atoms with Gasteiger partial charge in [0.25, 0.3) is 0 Å². The van der Waals surface area contributed by atoms with Crippen LogP contribution in [0.25, 0.3) is 0 Å². The summed E-state index contributed by atoms with van der Waals surface area (Å²) < 4.78 is 0. The summed E-state index contributed by atoms with van der Waals surface area (Å²) >= 11 is 1.82. The lowest BCUT2D eigenvalue weighted by atomic mass is 9.95. The number of hydrogen-bond donors (Lipinski definition) is 1. The molecule has 124 valence electrons. The average molecular weight is 332 g/mol. The Morgan fingerprint density at radius 2 is 1.91 bits per heavy atom. The minimum atomic E-state index is 0.106. The number of thiophene rings is 1. The Labute approximate surface area is 141 Å². The highest BCUT2D eigenvalue weighted by Gasteiger charge is 2.47. The standard InChI is InChI=1S/C18H24N2O2S/c1-11-2-5-16(23-11)14-10-15(14)18(22)20-8-6-12(7-9-20)17(21)19-13-3-4-13/h2,5,12-15H,3-4,6-10H2,1H3,(H,19,21)/t14-,15-/m0/s1. The number of aryl methyl sites for hydroxylation is 1. The van der Waals surface area contributed by atoms with Crippen molar-refractivity contribution < 1.29 is 9.59 Å². The molecular weight excluding hydrogens is 308 g/mol. The Kier molecular flexibility index (Phi) is 3.92. The van der Waals surface area contributed by atoms with Crippen molar-refractivity contribution in [1.82, 2.24) is 10.2 Å². The Hall–Kier alpha value is -1.36. The van der Waals surface area contributed by atoms with E-state index in [1.165, 1.54) is 9.75 Å². The SMILES string of the molecule is Cc1ccc([C@H]2C[C@@H]2C(=O)N2CCC(C(=O)NC3CC3)CC2)s1. The summed E-state index contributed by atoms with van der Waals surface area (Å²) in [6.07, 6.45) is 4.91. The zero-order valence-electron chi connectivity index (χ0n) is 13.6. The molecule has 5 heteroatoms. The number of carbonyl (C=O) groups excluding carboxylic acids is 2. The zero-order chi connectivity index (χ0) is 16.0. The molecule has 2 atom stereocenters. The van der Waals surface area contributed by atoms with Gasteiger partial charge in [-0.25, -0.2) is 0 Å². The molecule has 2 amide bonds. The van der Waals surface area contributed by atoms with Crippen molar-refractivity contribution in [3.05, 3.63) is 21.9 Å². The van der Waals surface area contributed by atoms with Gasteiger partial charge < -0.3 is 10.2 Å². The van der Waals surface area contributed by atoms with Gasteiger partial charge in [0.05, 0.1) is 0 Å². The average Bonchev–Trinajstić information content (AvgIpc) is 3.47. The highest BCUT2D eigenvalue weighted by Crippen LogP contribution is 2.50. The van der Waals surface area contributed by atoms with Crippen LogP contribution < -0.4 is 5.32 Å². The summed E-state index contributed by atoms with van der Waals surface area (Å²) in [5.41, 5.74) is 0. The number of likely N-dealkylation sites (tertiary alicyclic amines) is 1. The van der Waals surface area contributed by atoms with Crippen LogP contribution in [-0.2, 0) is 9.59 Å². The lowest BCUT2D eigenvalue weighted by molar-refractivity contribution is -0.136. The van der Waals surface area contributed by atoms with Gasteiger partial charge in [-0.05, 0) is 51.2 Å². The van der Waals surface area contributed by atoms with Crippen LogP contribution in [0.5, 0.6) is 0 Å². The van der Waals surface area contributed by atoms with E-state index in [1.807, 2.05) is 16.2 Å². The van der Waals surface area contributed by atoms with Gasteiger partial charge in [-0.15, -0.1) is 11.3 Å². The molecule has 3 aliphatic rings. The molecule has 23 heavy (non-hydrogen) atoms. The zero-order valence-corrected chi connectivity index (χ0v) is 14.4. The molecule has 2 heterocycles. The van der Waals surface area contributed by atoms with Crippen LogP contribution >= 0.6 is 11.3 Å². The topological polar surface area (TPSA) is 49.4 Å². The normalized spacial score (nSPS) is 27.8. The Balaban J connectivity index is 1.27. The van der Waals surface area contributed by atoms with Crippen LogP contribution in [0.15, 0.2) is 12.1 Å². The first-order valence-electron chi connectivity index (χ1n) is 8.77. The molecule has 4 nitrogen and oxygen atoms in total. The molecule has 1 aliphatic heterocycles. The molecule has 3 fully saturated rings. The fraction of sp³-hybridized carbons (Fsp3) is 0.667. The molecular formula is C18H24N2O2S. The molecule has 0 spiro atoms. The third-order valence-corrected chi connectivity index (χ3v) is 6.47. The molecule has 1 aromatic heterocycles. The van der Waals surface area contributed by atoms with Gasteiger partial charge in [0.15, 0.2) is 0 Å². The predicted molar refractivity (Wildman–Crippen MR) is 90.4 cm³/mol. The highest BCUT2D eigenvalue weighted by atomic mass is 32.1. The van der Waals surface area contributed by atoms with E-state index in [2.05, 4.69) is 24.4 Å². The first-order chi connectivity index (χ1) is 11.1. The monoisotopic (exact) mass is 332 g/mol. The molecule has 0 unspecified atom stereocenters. The van der Waals surface area contributed by atoms with Crippen molar-refractivity contribution in [2.24, 2.45) is 11.8 Å². The summed E-state index contributed by atoms with van der Waals surface area (Å²) in [4.78, 5) is 29.4. The third-order valence-electron chi connectivity index (χ3n) is 5.34. The van der Waals surface area contributed by atoms with E-state index in [9.17, 15) is 9.59 Å². The number of rotatable bonds is 4. The summed E-state index contributed by atoms with van der Waals surface area (Å²) in [6, 6.07) is 4.75. The minimum Gasteiger partial charge on any atom is -0.353 e. The van der Waals surface area contributed by atoms with E-state index in [-0.39, 0.29) is 17.7 Å². The summed E-state index contributed by atoms with van der Waals surface area (Å²) in [7, 11) is 0. The van der Waals surface area contributed by atoms with Crippen LogP contribution in [0, 0.1) is 18.8 Å². The van der Waals surface area contributed by atoms with Crippen molar-refractivity contribution in [3.63, 3.8) is 0 Å². The van der Waals surface area contributed by atoms with E-state index in [4.69, 9.17) is 0 Å². The van der Waals surface area contributed by atoms with E-state index >= 15 is 0 Å². The quantitative estimate of drug-likeness (QED) is 0.921. The fourth-order valence-electron chi connectivity index (χ4n) is 3.58. The first kappa shape index (κ1) is 15.2. The van der Waals surface area contributed by atoms with Gasteiger partial charge in [0.2, 0.25) is 11.8 Å². The van der Waals surface area contributed by atoms with E-state index in [1.54, 1.807) is 0 Å². The van der Waals surface area contributed by atoms with Crippen molar-refractivity contribution in [1.29, 1.82) is 0 Å². The van der Waals surface area contributed by atoms with Gasteiger partial charge in [0, 0.05) is 46.6 Å². The summed E-state index contributed by atoms with van der Waals surface area (Å²) in [5, 5.41) is 3.09. The number of nitrogens with zero attached hydrogens (tertiary/aromatic N) is 1. The molecule has 2 aliphatic carbocycles. The second-order valence-corrected chi connectivity index (χ2v) is 8.60. The Morgan fingerprint density at radius 1 is 1.17 bits per heavy atom. The molecule has 0 bridgehead atoms. The van der Waals surface area contributed by atoms with Crippen LogP contribution in [0.4, 0.5) is 0 Å². The molecule has 0 radical (unpaired) electrons.